The van der Waals surface area contributed by atoms with Crippen LogP contribution in [0, 0.1) is 5.92 Å². The average molecular weight is 480 g/mol. The van der Waals surface area contributed by atoms with Gasteiger partial charge < -0.3 is 25.8 Å². The minimum absolute atomic E-state index is 0.174. The Labute approximate surface area is 207 Å². The number of rotatable bonds is 4. The quantitative estimate of drug-likeness (QED) is 0.649. The SMILES string of the molecule is CCc1cc(NC(=O)C(=O)N2C[C@@H](C)CC[C@@H]2c2ccc(N3CCN(C)CC3C)nc2)cnc1N. The zero-order valence-electron chi connectivity index (χ0n) is 21.2. The Hall–Kier alpha value is -3.20. The predicted molar refractivity (Wildman–Crippen MR) is 138 cm³/mol. The van der Waals surface area contributed by atoms with Gasteiger partial charge in [-0.25, -0.2) is 9.97 Å². The first kappa shape index (κ1) is 24.9. The molecule has 0 aromatic carbocycles. The highest BCUT2D eigenvalue weighted by atomic mass is 16.2. The van der Waals surface area contributed by atoms with E-state index in [1.54, 1.807) is 11.0 Å². The summed E-state index contributed by atoms with van der Waals surface area (Å²) in [7, 11) is 2.14. The maximum absolute atomic E-state index is 13.3. The first-order chi connectivity index (χ1) is 16.8. The number of aryl methyl sites for hydroxylation is 1. The molecule has 9 nitrogen and oxygen atoms in total. The van der Waals surface area contributed by atoms with Gasteiger partial charge in [-0.1, -0.05) is 19.9 Å². The van der Waals surface area contributed by atoms with Crippen molar-refractivity contribution in [2.75, 3.05) is 49.2 Å². The molecule has 0 saturated carbocycles. The van der Waals surface area contributed by atoms with Crippen LogP contribution in [-0.4, -0.2) is 70.9 Å². The summed E-state index contributed by atoms with van der Waals surface area (Å²) in [4.78, 5) is 41.4. The molecule has 3 atom stereocenters. The molecule has 3 N–H and O–H groups in total. The van der Waals surface area contributed by atoms with Crippen LogP contribution in [0.4, 0.5) is 17.3 Å². The van der Waals surface area contributed by atoms with Gasteiger partial charge in [0.1, 0.15) is 11.6 Å². The molecular weight excluding hydrogens is 442 g/mol. The number of likely N-dealkylation sites (tertiary alicyclic amines) is 1. The van der Waals surface area contributed by atoms with Crippen LogP contribution in [0.2, 0.25) is 0 Å². The highest BCUT2D eigenvalue weighted by molar-refractivity contribution is 6.39. The minimum Gasteiger partial charge on any atom is -0.383 e. The lowest BCUT2D eigenvalue weighted by molar-refractivity contribution is -0.146. The van der Waals surface area contributed by atoms with Crippen LogP contribution in [0.25, 0.3) is 0 Å². The zero-order valence-corrected chi connectivity index (χ0v) is 21.2. The van der Waals surface area contributed by atoms with E-state index >= 15 is 0 Å². The number of piperidine rings is 1. The lowest BCUT2D eigenvalue weighted by atomic mass is 9.90. The largest absolute Gasteiger partial charge is 0.383 e. The fourth-order valence-electron chi connectivity index (χ4n) is 5.16. The number of nitrogens with two attached hydrogens (primary N) is 1. The Morgan fingerprint density at radius 3 is 2.60 bits per heavy atom. The molecule has 9 heteroatoms. The third-order valence-corrected chi connectivity index (χ3v) is 7.19. The van der Waals surface area contributed by atoms with Crippen molar-refractivity contribution in [1.29, 1.82) is 0 Å². The van der Waals surface area contributed by atoms with Gasteiger partial charge in [-0.05, 0) is 62.4 Å². The van der Waals surface area contributed by atoms with E-state index < -0.39 is 11.8 Å². The summed E-state index contributed by atoms with van der Waals surface area (Å²) >= 11 is 0. The van der Waals surface area contributed by atoms with Gasteiger partial charge in [0.25, 0.3) is 0 Å². The number of nitrogens with one attached hydrogen (secondary N) is 1. The maximum atomic E-state index is 13.3. The van der Waals surface area contributed by atoms with Crippen molar-refractivity contribution < 1.29 is 9.59 Å². The highest BCUT2D eigenvalue weighted by Gasteiger charge is 2.34. The van der Waals surface area contributed by atoms with E-state index in [1.165, 1.54) is 6.20 Å². The van der Waals surface area contributed by atoms with Gasteiger partial charge in [0.2, 0.25) is 0 Å². The summed E-state index contributed by atoms with van der Waals surface area (Å²) in [5.74, 6) is 0.522. The number of amides is 2. The monoisotopic (exact) mass is 479 g/mol. The number of piperazine rings is 1. The van der Waals surface area contributed by atoms with Gasteiger partial charge in [0.05, 0.1) is 17.9 Å². The van der Waals surface area contributed by atoms with Crippen LogP contribution < -0.4 is 16.0 Å². The van der Waals surface area contributed by atoms with Crippen LogP contribution in [0.1, 0.15) is 50.8 Å². The number of hydrogen-bond donors (Lipinski definition) is 2. The number of pyridine rings is 2. The van der Waals surface area contributed by atoms with Crippen molar-refractivity contribution in [1.82, 2.24) is 19.8 Å². The number of aromatic nitrogens is 2. The van der Waals surface area contributed by atoms with Crippen LogP contribution in [0.15, 0.2) is 30.6 Å². The van der Waals surface area contributed by atoms with Gasteiger partial charge in [-0.3, -0.25) is 9.59 Å². The number of nitrogens with zero attached hydrogens (tertiary/aromatic N) is 5. The second-order valence-electron chi connectivity index (χ2n) is 9.99. The van der Waals surface area contributed by atoms with Crippen LogP contribution in [-0.2, 0) is 16.0 Å². The molecule has 0 spiro atoms. The topological polar surface area (TPSA) is 108 Å². The third-order valence-electron chi connectivity index (χ3n) is 7.19. The molecule has 0 bridgehead atoms. The van der Waals surface area contributed by atoms with E-state index in [2.05, 4.69) is 47.1 Å². The van der Waals surface area contributed by atoms with Gasteiger partial charge in [-0.15, -0.1) is 0 Å². The molecule has 2 amide bonds. The maximum Gasteiger partial charge on any atom is 0.313 e. The molecular formula is C26H37N7O2. The van der Waals surface area contributed by atoms with E-state index in [9.17, 15) is 9.59 Å². The second-order valence-corrected chi connectivity index (χ2v) is 9.99. The Morgan fingerprint density at radius 1 is 1.11 bits per heavy atom. The standard InChI is InChI=1S/C26H37N7O2/c1-5-19-12-21(14-29-24(19)27)30-25(34)26(35)33-15-17(2)6-8-22(33)20-7-9-23(28-13-20)32-11-10-31(4)16-18(32)3/h7,9,12-14,17-18,22H,5-6,8,10-11,15-16H2,1-4H3,(H2,27,29)(H,30,34)/t17-,18?,22+/m0/s1. The number of carbonyl (C=O) groups is 2. The fraction of sp³-hybridized carbons (Fsp3) is 0.538. The second kappa shape index (κ2) is 10.6. The molecule has 188 valence electrons. The van der Waals surface area contributed by atoms with Gasteiger partial charge in [0, 0.05) is 38.4 Å². The van der Waals surface area contributed by atoms with Crippen LogP contribution in [0.3, 0.4) is 0 Å². The van der Waals surface area contributed by atoms with Gasteiger partial charge in [-0.2, -0.15) is 0 Å². The van der Waals surface area contributed by atoms with Crippen LogP contribution >= 0.6 is 0 Å². The van der Waals surface area contributed by atoms with Crippen molar-refractivity contribution in [3.05, 3.63) is 41.7 Å². The summed E-state index contributed by atoms with van der Waals surface area (Å²) in [5, 5.41) is 2.71. The number of likely N-dealkylation sites (N-methyl/N-ethyl adjacent to an activating group) is 1. The molecule has 2 aromatic rings. The smallest absolute Gasteiger partial charge is 0.313 e. The predicted octanol–water partition coefficient (Wildman–Crippen LogP) is 2.70. The molecule has 2 fully saturated rings. The summed E-state index contributed by atoms with van der Waals surface area (Å²) in [6, 6.07) is 6.09. The number of hydrogen-bond acceptors (Lipinski definition) is 7. The van der Waals surface area contributed by atoms with E-state index in [0.717, 1.165) is 49.4 Å². The first-order valence-electron chi connectivity index (χ1n) is 12.5. The molecule has 1 unspecified atom stereocenters. The Balaban J connectivity index is 1.49. The van der Waals surface area contributed by atoms with Crippen molar-refractivity contribution in [3.8, 4) is 0 Å². The molecule has 2 aromatic heterocycles. The molecule has 2 aliphatic rings. The van der Waals surface area contributed by atoms with Gasteiger partial charge in [0.15, 0.2) is 0 Å². The summed E-state index contributed by atoms with van der Waals surface area (Å²) in [5.41, 5.74) is 8.14. The fourth-order valence-corrected chi connectivity index (χ4v) is 5.16. The van der Waals surface area contributed by atoms with Crippen molar-refractivity contribution in [3.63, 3.8) is 0 Å². The van der Waals surface area contributed by atoms with Gasteiger partial charge >= 0.3 is 11.8 Å². The van der Waals surface area contributed by atoms with Crippen molar-refractivity contribution in [2.24, 2.45) is 5.92 Å². The van der Waals surface area contributed by atoms with E-state index in [4.69, 9.17) is 10.7 Å². The van der Waals surface area contributed by atoms with Crippen molar-refractivity contribution >= 4 is 29.1 Å². The molecule has 35 heavy (non-hydrogen) atoms. The lowest BCUT2D eigenvalue weighted by Crippen LogP contribution is -2.50. The summed E-state index contributed by atoms with van der Waals surface area (Å²) in [6.07, 6.45) is 5.84. The van der Waals surface area contributed by atoms with Crippen LogP contribution in [0.5, 0.6) is 0 Å². The lowest BCUT2D eigenvalue weighted by Gasteiger charge is -2.40. The average Bonchev–Trinajstić information content (AvgIpc) is 2.85. The van der Waals surface area contributed by atoms with E-state index in [-0.39, 0.29) is 6.04 Å². The normalized spacial score (nSPS) is 23.3. The Bertz CT molecular complexity index is 1060. The molecule has 2 saturated heterocycles. The summed E-state index contributed by atoms with van der Waals surface area (Å²) in [6.45, 7) is 9.78. The highest BCUT2D eigenvalue weighted by Crippen LogP contribution is 2.34. The Kier molecular flexibility index (Phi) is 7.54. The molecule has 2 aliphatic heterocycles. The molecule has 0 radical (unpaired) electrons. The molecule has 4 rings (SSSR count). The Morgan fingerprint density at radius 2 is 1.91 bits per heavy atom. The summed E-state index contributed by atoms with van der Waals surface area (Å²) < 4.78 is 0. The number of anilines is 3. The molecule has 4 heterocycles. The molecule has 0 aliphatic carbocycles. The zero-order chi connectivity index (χ0) is 25.1. The number of carbonyl (C=O) groups excluding carboxylic acids is 2. The van der Waals surface area contributed by atoms with E-state index in [0.29, 0.717) is 36.4 Å². The first-order valence-corrected chi connectivity index (χ1v) is 12.5. The minimum atomic E-state index is -0.659. The number of nitrogen functional groups attached to an aromatic ring is 1. The van der Waals surface area contributed by atoms with E-state index in [1.807, 2.05) is 19.2 Å². The third kappa shape index (κ3) is 5.56. The van der Waals surface area contributed by atoms with Crippen molar-refractivity contribution in [2.45, 2.75) is 52.1 Å².